The largest absolute Gasteiger partial charge is 0.310 e. The van der Waals surface area contributed by atoms with Crippen LogP contribution >= 0.6 is 27.5 Å². The smallest absolute Gasteiger partial charge is 0.0422 e. The van der Waals surface area contributed by atoms with Gasteiger partial charge in [0.25, 0.3) is 0 Å². The summed E-state index contributed by atoms with van der Waals surface area (Å²) in [5.41, 5.74) is 3.44. The van der Waals surface area contributed by atoms with Gasteiger partial charge in [0.05, 0.1) is 0 Å². The van der Waals surface area contributed by atoms with E-state index in [0.717, 1.165) is 34.6 Å². The second-order valence-electron chi connectivity index (χ2n) is 5.20. The summed E-state index contributed by atoms with van der Waals surface area (Å²) < 4.78 is 1.08. The molecular formula is C17H20BrClN2. The number of pyridine rings is 1. The summed E-state index contributed by atoms with van der Waals surface area (Å²) in [6.07, 6.45) is 3.86. The molecule has 0 amide bonds. The third-order valence-corrected chi connectivity index (χ3v) is 4.32. The lowest BCUT2D eigenvalue weighted by Crippen LogP contribution is -2.24. The van der Waals surface area contributed by atoms with Crippen molar-refractivity contribution in [2.75, 3.05) is 6.54 Å². The van der Waals surface area contributed by atoms with Gasteiger partial charge in [-0.15, -0.1) is 0 Å². The lowest BCUT2D eigenvalue weighted by Gasteiger charge is -2.20. The van der Waals surface area contributed by atoms with Crippen molar-refractivity contribution in [2.45, 2.75) is 32.7 Å². The van der Waals surface area contributed by atoms with Gasteiger partial charge in [-0.2, -0.15) is 0 Å². The van der Waals surface area contributed by atoms with E-state index in [-0.39, 0.29) is 6.04 Å². The molecule has 112 valence electrons. The molecule has 2 rings (SSSR count). The van der Waals surface area contributed by atoms with Gasteiger partial charge in [0.2, 0.25) is 0 Å². The van der Waals surface area contributed by atoms with Crippen LogP contribution in [-0.2, 0) is 6.42 Å². The first-order chi connectivity index (χ1) is 10.1. The molecule has 0 saturated carbocycles. The summed E-state index contributed by atoms with van der Waals surface area (Å²) in [5, 5.41) is 4.35. The predicted molar refractivity (Wildman–Crippen MR) is 92.9 cm³/mol. The Morgan fingerprint density at radius 2 is 2.10 bits per heavy atom. The maximum absolute atomic E-state index is 6.15. The predicted octanol–water partition coefficient (Wildman–Crippen LogP) is 5.09. The number of aromatic nitrogens is 1. The first kappa shape index (κ1) is 16.5. The summed E-state index contributed by atoms with van der Waals surface area (Å²) in [6.45, 7) is 5.19. The SMILES string of the molecule is CCCNC(Cc1ccc(C)cn1)c1cc(Cl)ccc1Br. The second-order valence-corrected chi connectivity index (χ2v) is 6.49. The molecule has 0 fully saturated rings. The Morgan fingerprint density at radius 1 is 1.29 bits per heavy atom. The van der Waals surface area contributed by atoms with Gasteiger partial charge in [0, 0.05) is 33.8 Å². The first-order valence-electron chi connectivity index (χ1n) is 7.20. The summed E-state index contributed by atoms with van der Waals surface area (Å²) in [5.74, 6) is 0. The molecule has 2 nitrogen and oxygen atoms in total. The molecule has 0 aliphatic rings. The highest BCUT2D eigenvalue weighted by atomic mass is 79.9. The zero-order valence-corrected chi connectivity index (χ0v) is 14.7. The fourth-order valence-corrected chi connectivity index (χ4v) is 2.92. The summed E-state index contributed by atoms with van der Waals surface area (Å²) in [4.78, 5) is 4.52. The average molecular weight is 368 g/mol. The van der Waals surface area contributed by atoms with Crippen molar-refractivity contribution in [3.8, 4) is 0 Å². The van der Waals surface area contributed by atoms with Crippen LogP contribution < -0.4 is 5.32 Å². The van der Waals surface area contributed by atoms with Crippen LogP contribution in [0, 0.1) is 6.92 Å². The van der Waals surface area contributed by atoms with E-state index in [4.69, 9.17) is 11.6 Å². The third-order valence-electron chi connectivity index (χ3n) is 3.36. The van der Waals surface area contributed by atoms with Gasteiger partial charge >= 0.3 is 0 Å². The molecule has 0 saturated heterocycles. The number of rotatable bonds is 6. The van der Waals surface area contributed by atoms with E-state index < -0.39 is 0 Å². The van der Waals surface area contributed by atoms with Crippen LogP contribution in [0.3, 0.4) is 0 Å². The molecule has 1 aromatic carbocycles. The zero-order chi connectivity index (χ0) is 15.2. The van der Waals surface area contributed by atoms with Crippen LogP contribution in [0.15, 0.2) is 41.0 Å². The second kappa shape index (κ2) is 7.92. The molecule has 0 spiro atoms. The van der Waals surface area contributed by atoms with E-state index in [2.05, 4.69) is 52.2 Å². The van der Waals surface area contributed by atoms with Crippen LogP contribution in [0.25, 0.3) is 0 Å². The van der Waals surface area contributed by atoms with E-state index in [1.54, 1.807) is 0 Å². The fraction of sp³-hybridized carbons (Fsp3) is 0.353. The number of hydrogen-bond acceptors (Lipinski definition) is 2. The minimum atomic E-state index is 0.202. The Morgan fingerprint density at radius 3 is 2.76 bits per heavy atom. The highest BCUT2D eigenvalue weighted by molar-refractivity contribution is 9.10. The van der Waals surface area contributed by atoms with Gasteiger partial charge in [-0.25, -0.2) is 0 Å². The summed E-state index contributed by atoms with van der Waals surface area (Å²) in [7, 11) is 0. The molecule has 1 heterocycles. The molecule has 2 aromatic rings. The Hall–Kier alpha value is -0.900. The van der Waals surface area contributed by atoms with Crippen LogP contribution in [0.4, 0.5) is 0 Å². The van der Waals surface area contributed by atoms with Gasteiger partial charge in [-0.3, -0.25) is 4.98 Å². The Kier molecular flexibility index (Phi) is 6.22. The van der Waals surface area contributed by atoms with E-state index in [1.807, 2.05) is 24.4 Å². The molecule has 1 aromatic heterocycles. The van der Waals surface area contributed by atoms with E-state index >= 15 is 0 Å². The molecule has 1 unspecified atom stereocenters. The number of nitrogens with zero attached hydrogens (tertiary/aromatic N) is 1. The van der Waals surface area contributed by atoms with E-state index in [0.29, 0.717) is 0 Å². The molecule has 21 heavy (non-hydrogen) atoms. The number of hydrogen-bond donors (Lipinski definition) is 1. The fourth-order valence-electron chi connectivity index (χ4n) is 2.22. The van der Waals surface area contributed by atoms with E-state index in [1.165, 1.54) is 11.1 Å². The molecule has 0 radical (unpaired) electrons. The molecule has 0 aliphatic heterocycles. The van der Waals surface area contributed by atoms with Crippen molar-refractivity contribution in [1.82, 2.24) is 10.3 Å². The van der Waals surface area contributed by atoms with Crippen LogP contribution in [0.1, 0.15) is 36.2 Å². The van der Waals surface area contributed by atoms with Crippen molar-refractivity contribution in [1.29, 1.82) is 0 Å². The van der Waals surface area contributed by atoms with Gasteiger partial charge in [-0.05, 0) is 55.3 Å². The quantitative estimate of drug-likeness (QED) is 0.769. The molecule has 0 aliphatic carbocycles. The molecule has 1 N–H and O–H groups in total. The minimum Gasteiger partial charge on any atom is -0.310 e. The number of aryl methyl sites for hydroxylation is 1. The first-order valence-corrected chi connectivity index (χ1v) is 8.37. The van der Waals surface area contributed by atoms with Crippen LogP contribution in [0.2, 0.25) is 5.02 Å². The van der Waals surface area contributed by atoms with Gasteiger partial charge in [0.15, 0.2) is 0 Å². The Balaban J connectivity index is 2.25. The zero-order valence-electron chi connectivity index (χ0n) is 12.4. The van der Waals surface area contributed by atoms with Crippen molar-refractivity contribution in [3.63, 3.8) is 0 Å². The number of nitrogens with one attached hydrogen (secondary N) is 1. The Bertz CT molecular complexity index is 584. The minimum absolute atomic E-state index is 0.202. The summed E-state index contributed by atoms with van der Waals surface area (Å²) in [6, 6.07) is 10.3. The standard InChI is InChI=1S/C17H20BrClN2/c1-3-8-20-17(10-14-6-4-12(2)11-21-14)15-9-13(19)5-7-16(15)18/h4-7,9,11,17,20H,3,8,10H2,1-2H3. The van der Waals surface area contributed by atoms with Crippen LogP contribution in [-0.4, -0.2) is 11.5 Å². The monoisotopic (exact) mass is 366 g/mol. The highest BCUT2D eigenvalue weighted by Crippen LogP contribution is 2.28. The Labute approximate surface area is 140 Å². The molecular weight excluding hydrogens is 348 g/mol. The topological polar surface area (TPSA) is 24.9 Å². The lowest BCUT2D eigenvalue weighted by atomic mass is 10.0. The normalized spacial score (nSPS) is 12.4. The van der Waals surface area contributed by atoms with Gasteiger partial charge in [0.1, 0.15) is 0 Å². The number of benzene rings is 1. The third kappa shape index (κ3) is 4.80. The maximum atomic E-state index is 6.15. The van der Waals surface area contributed by atoms with Gasteiger partial charge < -0.3 is 5.32 Å². The average Bonchev–Trinajstić information content (AvgIpc) is 2.48. The summed E-state index contributed by atoms with van der Waals surface area (Å²) >= 11 is 9.78. The molecule has 4 heteroatoms. The molecule has 1 atom stereocenters. The highest BCUT2D eigenvalue weighted by Gasteiger charge is 2.15. The molecule has 0 bridgehead atoms. The van der Waals surface area contributed by atoms with Crippen molar-refractivity contribution in [3.05, 3.63) is 62.8 Å². The van der Waals surface area contributed by atoms with Crippen molar-refractivity contribution >= 4 is 27.5 Å². The maximum Gasteiger partial charge on any atom is 0.0422 e. The van der Waals surface area contributed by atoms with E-state index in [9.17, 15) is 0 Å². The lowest BCUT2D eigenvalue weighted by molar-refractivity contribution is 0.523. The van der Waals surface area contributed by atoms with Crippen LogP contribution in [0.5, 0.6) is 0 Å². The van der Waals surface area contributed by atoms with Crippen molar-refractivity contribution in [2.24, 2.45) is 0 Å². The number of halogens is 2. The van der Waals surface area contributed by atoms with Crippen molar-refractivity contribution < 1.29 is 0 Å². The van der Waals surface area contributed by atoms with Gasteiger partial charge in [-0.1, -0.05) is 40.5 Å².